The van der Waals surface area contributed by atoms with Crippen LogP contribution in [0.5, 0.6) is 0 Å². The summed E-state index contributed by atoms with van der Waals surface area (Å²) in [6.45, 7) is 7.96. The highest BCUT2D eigenvalue weighted by atomic mass is 127. The van der Waals surface area contributed by atoms with Crippen LogP contribution >= 0.6 is 57.6 Å². The van der Waals surface area contributed by atoms with Crippen molar-refractivity contribution in [2.75, 3.05) is 11.1 Å². The monoisotopic (exact) mass is 629 g/mol. The second-order valence-corrected chi connectivity index (χ2v) is 10.4. The number of thioether (sulfide) groups is 1. The van der Waals surface area contributed by atoms with E-state index in [0.29, 0.717) is 28.1 Å². The van der Waals surface area contributed by atoms with Gasteiger partial charge in [-0.15, -0.1) is 16.8 Å². The van der Waals surface area contributed by atoms with Gasteiger partial charge in [0.15, 0.2) is 11.0 Å². The Morgan fingerprint density at radius 1 is 1.24 bits per heavy atom. The third-order valence-electron chi connectivity index (χ3n) is 4.76. The molecule has 34 heavy (non-hydrogen) atoms. The zero-order chi connectivity index (χ0) is 24.8. The average molecular weight is 630 g/mol. The molecule has 0 saturated carbocycles. The van der Waals surface area contributed by atoms with Crippen molar-refractivity contribution in [1.82, 2.24) is 20.1 Å². The minimum absolute atomic E-state index is 0.150. The summed E-state index contributed by atoms with van der Waals surface area (Å²) in [5.74, 6) is 0.184. The molecular formula is C23H22Cl2IN5O2S. The Labute approximate surface area is 225 Å². The number of hydrogen-bond acceptors (Lipinski definition) is 5. The van der Waals surface area contributed by atoms with E-state index in [1.54, 1.807) is 25.1 Å². The maximum absolute atomic E-state index is 12.7. The molecule has 1 heterocycles. The van der Waals surface area contributed by atoms with E-state index in [1.165, 1.54) is 17.8 Å². The van der Waals surface area contributed by atoms with Gasteiger partial charge in [-0.3, -0.25) is 9.59 Å². The standard InChI is InChI=1S/C23H22Cl2IN5O2S/c1-4-9-31-21(14(3)27-22(33)17-7-5-15(24)11-18(17)25)29-30-23(31)34-12-20(32)28-19-8-6-16(26)10-13(19)2/h4-8,10-11,14H,1,9,12H2,2-3H3,(H,27,33)(H,28,32)/t14-/m1/s1. The summed E-state index contributed by atoms with van der Waals surface area (Å²) in [5.41, 5.74) is 2.08. The van der Waals surface area contributed by atoms with E-state index in [2.05, 4.69) is 50.0 Å². The smallest absolute Gasteiger partial charge is 0.253 e. The second-order valence-electron chi connectivity index (χ2n) is 7.36. The quantitative estimate of drug-likeness (QED) is 0.175. The lowest BCUT2D eigenvalue weighted by molar-refractivity contribution is -0.113. The molecule has 1 aromatic heterocycles. The summed E-state index contributed by atoms with van der Waals surface area (Å²) in [5, 5.41) is 15.5. The molecule has 2 aromatic carbocycles. The summed E-state index contributed by atoms with van der Waals surface area (Å²) in [6.07, 6.45) is 1.70. The maximum atomic E-state index is 12.7. The van der Waals surface area contributed by atoms with Crippen LogP contribution in [0.25, 0.3) is 0 Å². The molecule has 7 nitrogen and oxygen atoms in total. The van der Waals surface area contributed by atoms with Crippen molar-refractivity contribution in [2.24, 2.45) is 0 Å². The van der Waals surface area contributed by atoms with Gasteiger partial charge in [0, 0.05) is 20.8 Å². The van der Waals surface area contributed by atoms with Crippen molar-refractivity contribution < 1.29 is 9.59 Å². The number of hydrogen-bond donors (Lipinski definition) is 2. The van der Waals surface area contributed by atoms with E-state index < -0.39 is 6.04 Å². The van der Waals surface area contributed by atoms with Gasteiger partial charge in [0.05, 0.1) is 22.4 Å². The van der Waals surface area contributed by atoms with E-state index in [9.17, 15) is 9.59 Å². The second kappa shape index (κ2) is 12.1. The highest BCUT2D eigenvalue weighted by molar-refractivity contribution is 14.1. The topological polar surface area (TPSA) is 88.9 Å². The minimum atomic E-state index is -0.468. The number of allylic oxidation sites excluding steroid dienone is 1. The molecule has 178 valence electrons. The molecule has 2 N–H and O–H groups in total. The molecule has 11 heteroatoms. The summed E-state index contributed by atoms with van der Waals surface area (Å²) >= 11 is 15.6. The van der Waals surface area contributed by atoms with Gasteiger partial charge in [0.25, 0.3) is 5.91 Å². The van der Waals surface area contributed by atoms with Crippen molar-refractivity contribution in [3.05, 3.63) is 79.6 Å². The van der Waals surface area contributed by atoms with E-state index in [0.717, 1.165) is 14.8 Å². The van der Waals surface area contributed by atoms with Crippen molar-refractivity contribution in [2.45, 2.75) is 31.6 Å². The molecule has 0 aliphatic heterocycles. The molecular weight excluding hydrogens is 608 g/mol. The summed E-state index contributed by atoms with van der Waals surface area (Å²) in [4.78, 5) is 25.2. The first-order valence-corrected chi connectivity index (χ1v) is 13.0. The van der Waals surface area contributed by atoms with Crippen LogP contribution < -0.4 is 10.6 Å². The van der Waals surface area contributed by atoms with Gasteiger partial charge in [0.1, 0.15) is 0 Å². The molecule has 2 amide bonds. The van der Waals surface area contributed by atoms with Crippen molar-refractivity contribution >= 4 is 75.1 Å². The number of aryl methyl sites for hydroxylation is 1. The SMILES string of the molecule is C=CCn1c(SCC(=O)Nc2ccc(I)cc2C)nnc1[C@@H](C)NC(=O)c1ccc(Cl)cc1Cl. The van der Waals surface area contributed by atoms with Crippen LogP contribution in [0.15, 0.2) is 54.2 Å². The van der Waals surface area contributed by atoms with Gasteiger partial charge < -0.3 is 15.2 Å². The Morgan fingerprint density at radius 2 is 2.00 bits per heavy atom. The number of aromatic nitrogens is 3. The molecule has 0 spiro atoms. The Bertz CT molecular complexity index is 1230. The first kappa shape index (κ1) is 26.5. The first-order valence-electron chi connectivity index (χ1n) is 10.2. The van der Waals surface area contributed by atoms with Crippen LogP contribution in [0, 0.1) is 10.5 Å². The first-order chi connectivity index (χ1) is 16.2. The van der Waals surface area contributed by atoms with E-state index in [1.807, 2.05) is 29.7 Å². The average Bonchev–Trinajstić information content (AvgIpc) is 3.17. The van der Waals surface area contributed by atoms with Gasteiger partial charge in [-0.25, -0.2) is 0 Å². The lowest BCUT2D eigenvalue weighted by Crippen LogP contribution is -2.29. The molecule has 0 aliphatic rings. The van der Waals surface area contributed by atoms with Crippen LogP contribution in [0.2, 0.25) is 10.0 Å². The fourth-order valence-corrected chi connectivity index (χ4v) is 5.02. The van der Waals surface area contributed by atoms with Gasteiger partial charge in [-0.05, 0) is 78.4 Å². The fourth-order valence-electron chi connectivity index (χ4n) is 3.12. The molecule has 0 fully saturated rings. The number of carbonyl (C=O) groups excluding carboxylic acids is 2. The Morgan fingerprint density at radius 3 is 2.68 bits per heavy atom. The number of halogens is 3. The molecule has 3 rings (SSSR count). The number of anilines is 1. The van der Waals surface area contributed by atoms with Crippen molar-refractivity contribution in [1.29, 1.82) is 0 Å². The number of carbonyl (C=O) groups is 2. The Hall–Kier alpha value is -2.08. The molecule has 0 radical (unpaired) electrons. The van der Waals surface area contributed by atoms with Crippen molar-refractivity contribution in [3.8, 4) is 0 Å². The predicted molar refractivity (Wildman–Crippen MR) is 146 cm³/mol. The molecule has 1 atom stereocenters. The number of rotatable bonds is 9. The molecule has 0 aliphatic carbocycles. The molecule has 0 bridgehead atoms. The lowest BCUT2D eigenvalue weighted by atomic mass is 10.2. The largest absolute Gasteiger partial charge is 0.342 e. The van der Waals surface area contributed by atoms with Gasteiger partial charge >= 0.3 is 0 Å². The van der Waals surface area contributed by atoms with Crippen LogP contribution in [0.3, 0.4) is 0 Å². The number of benzene rings is 2. The third kappa shape index (κ3) is 6.74. The highest BCUT2D eigenvalue weighted by Crippen LogP contribution is 2.24. The number of nitrogens with one attached hydrogen (secondary N) is 2. The summed E-state index contributed by atoms with van der Waals surface area (Å²) in [7, 11) is 0. The number of amides is 2. The van der Waals surface area contributed by atoms with E-state index in [4.69, 9.17) is 23.2 Å². The van der Waals surface area contributed by atoms with E-state index in [-0.39, 0.29) is 22.6 Å². The minimum Gasteiger partial charge on any atom is -0.342 e. The number of nitrogens with zero attached hydrogens (tertiary/aromatic N) is 3. The summed E-state index contributed by atoms with van der Waals surface area (Å²) in [6, 6.07) is 10.0. The Kier molecular flexibility index (Phi) is 9.40. The van der Waals surface area contributed by atoms with E-state index >= 15 is 0 Å². The van der Waals surface area contributed by atoms with Crippen LogP contribution in [-0.4, -0.2) is 32.3 Å². The van der Waals surface area contributed by atoms with Gasteiger partial charge in [-0.1, -0.05) is 41.0 Å². The van der Waals surface area contributed by atoms with Gasteiger partial charge in [-0.2, -0.15) is 0 Å². The van der Waals surface area contributed by atoms with Crippen LogP contribution in [0.4, 0.5) is 5.69 Å². The van der Waals surface area contributed by atoms with Crippen molar-refractivity contribution in [3.63, 3.8) is 0 Å². The Balaban J connectivity index is 1.68. The zero-order valence-corrected chi connectivity index (χ0v) is 22.9. The molecule has 0 unspecified atom stereocenters. The lowest BCUT2D eigenvalue weighted by Gasteiger charge is -2.16. The normalized spacial score (nSPS) is 11.7. The summed E-state index contributed by atoms with van der Waals surface area (Å²) < 4.78 is 2.92. The van der Waals surface area contributed by atoms with Crippen LogP contribution in [-0.2, 0) is 11.3 Å². The fraction of sp³-hybridized carbons (Fsp3) is 0.217. The predicted octanol–water partition coefficient (Wildman–Crippen LogP) is 5.91. The maximum Gasteiger partial charge on any atom is 0.253 e. The van der Waals surface area contributed by atoms with Gasteiger partial charge in [0.2, 0.25) is 5.91 Å². The van der Waals surface area contributed by atoms with Crippen LogP contribution in [0.1, 0.15) is 34.7 Å². The molecule has 3 aromatic rings. The molecule has 0 saturated heterocycles. The third-order valence-corrected chi connectivity index (χ3v) is 6.95. The zero-order valence-electron chi connectivity index (χ0n) is 18.4. The highest BCUT2D eigenvalue weighted by Gasteiger charge is 2.21.